The van der Waals surface area contributed by atoms with Crippen molar-refractivity contribution < 1.29 is 18.0 Å². The molecule has 2 rings (SSSR count). The van der Waals surface area contributed by atoms with E-state index in [1.54, 1.807) is 31.2 Å². The Morgan fingerprint density at radius 1 is 1.36 bits per heavy atom. The number of rotatable bonds is 5. The molecule has 0 aromatic heterocycles. The lowest BCUT2D eigenvalue weighted by molar-refractivity contribution is -0.132. The molecule has 1 unspecified atom stereocenters. The van der Waals surface area contributed by atoms with Gasteiger partial charge >= 0.3 is 0 Å². The van der Waals surface area contributed by atoms with Crippen LogP contribution in [0.2, 0.25) is 0 Å². The van der Waals surface area contributed by atoms with Gasteiger partial charge in [0.25, 0.3) is 0 Å². The van der Waals surface area contributed by atoms with Crippen LogP contribution in [0.25, 0.3) is 0 Å². The minimum Gasteiger partial charge on any atom is -0.337 e. The summed E-state index contributed by atoms with van der Waals surface area (Å²) in [6.07, 6.45) is 0.423. The normalized spacial score (nSPS) is 18.4. The number of carbonyl (C=O) groups excluding carboxylic acids is 2. The molecule has 1 aromatic rings. The molecule has 1 fully saturated rings. The lowest BCUT2D eigenvalue weighted by Crippen LogP contribution is -2.47. The van der Waals surface area contributed by atoms with Gasteiger partial charge in [0.2, 0.25) is 11.8 Å². The number of anilines is 1. The molecule has 0 N–H and O–H groups in total. The molecule has 1 aliphatic rings. The predicted molar refractivity (Wildman–Crippen MR) is 93.6 cm³/mol. The van der Waals surface area contributed by atoms with E-state index in [1.165, 1.54) is 16.7 Å². The van der Waals surface area contributed by atoms with Crippen LogP contribution >= 0.6 is 0 Å². The summed E-state index contributed by atoms with van der Waals surface area (Å²) in [4.78, 5) is 27.5. The Bertz CT molecular complexity index is 813. The largest absolute Gasteiger partial charge is 0.337 e. The minimum absolute atomic E-state index is 0.0312. The van der Waals surface area contributed by atoms with E-state index in [2.05, 4.69) is 0 Å². The second-order valence-corrected chi connectivity index (χ2v) is 8.23. The molecule has 0 aliphatic carbocycles. The zero-order valence-corrected chi connectivity index (χ0v) is 15.1. The number of carbonyl (C=O) groups is 2. The highest BCUT2D eigenvalue weighted by molar-refractivity contribution is 7.91. The molecule has 2 amide bonds. The number of likely N-dealkylation sites (N-methyl/N-ethyl adjacent to an activating group) is 1. The highest BCUT2D eigenvalue weighted by Gasteiger charge is 2.34. The first-order chi connectivity index (χ1) is 11.8. The van der Waals surface area contributed by atoms with Crippen LogP contribution in [-0.4, -0.2) is 55.8 Å². The van der Waals surface area contributed by atoms with Crippen molar-refractivity contribution in [3.8, 4) is 6.07 Å². The van der Waals surface area contributed by atoms with Gasteiger partial charge in [-0.25, -0.2) is 8.42 Å². The summed E-state index contributed by atoms with van der Waals surface area (Å²) in [5.74, 6) is -0.570. The van der Waals surface area contributed by atoms with Crippen LogP contribution in [0.5, 0.6) is 0 Å². The molecule has 1 aromatic carbocycles. The van der Waals surface area contributed by atoms with Crippen LogP contribution in [0.4, 0.5) is 5.69 Å². The first kappa shape index (κ1) is 18.9. The van der Waals surface area contributed by atoms with Crippen molar-refractivity contribution in [1.29, 1.82) is 5.26 Å². The SMILES string of the molecule is CCN(C(=O)CN(C(C)=O)c1cccc(C#N)c1)C1CCS(=O)(=O)C1. The zero-order valence-electron chi connectivity index (χ0n) is 14.3. The fourth-order valence-corrected chi connectivity index (χ4v) is 4.74. The maximum absolute atomic E-state index is 12.7. The van der Waals surface area contributed by atoms with Crippen molar-refractivity contribution in [2.75, 3.05) is 29.5 Å². The molecule has 1 aliphatic heterocycles. The third-order valence-electron chi connectivity index (χ3n) is 4.27. The van der Waals surface area contributed by atoms with Gasteiger partial charge in [0.1, 0.15) is 6.54 Å². The minimum atomic E-state index is -3.10. The molecule has 8 heteroatoms. The summed E-state index contributed by atoms with van der Waals surface area (Å²) >= 11 is 0. The number of benzene rings is 1. The van der Waals surface area contributed by atoms with Gasteiger partial charge in [0.15, 0.2) is 9.84 Å². The predicted octanol–water partition coefficient (Wildman–Crippen LogP) is 0.947. The molecular formula is C17H21N3O4S. The van der Waals surface area contributed by atoms with Crippen molar-refractivity contribution in [2.24, 2.45) is 0 Å². The Hall–Kier alpha value is -2.40. The van der Waals surface area contributed by atoms with Gasteiger partial charge in [-0.05, 0) is 31.5 Å². The molecule has 7 nitrogen and oxygen atoms in total. The van der Waals surface area contributed by atoms with Gasteiger partial charge < -0.3 is 9.80 Å². The molecule has 0 spiro atoms. The Morgan fingerprint density at radius 2 is 2.08 bits per heavy atom. The first-order valence-electron chi connectivity index (χ1n) is 8.05. The van der Waals surface area contributed by atoms with E-state index in [0.717, 1.165) is 0 Å². The van der Waals surface area contributed by atoms with Crippen LogP contribution in [0.1, 0.15) is 25.8 Å². The van der Waals surface area contributed by atoms with Gasteiger partial charge in [-0.2, -0.15) is 5.26 Å². The van der Waals surface area contributed by atoms with Gasteiger partial charge in [-0.3, -0.25) is 9.59 Å². The zero-order chi connectivity index (χ0) is 18.6. The van der Waals surface area contributed by atoms with Gasteiger partial charge in [-0.15, -0.1) is 0 Å². The maximum Gasteiger partial charge on any atom is 0.242 e. The third-order valence-corrected chi connectivity index (χ3v) is 6.02. The topological polar surface area (TPSA) is 98.5 Å². The highest BCUT2D eigenvalue weighted by atomic mass is 32.2. The maximum atomic E-state index is 12.7. The monoisotopic (exact) mass is 363 g/mol. The molecular weight excluding hydrogens is 342 g/mol. The number of amides is 2. The summed E-state index contributed by atoms with van der Waals surface area (Å²) in [6, 6.07) is 8.13. The summed E-state index contributed by atoms with van der Waals surface area (Å²) in [7, 11) is -3.10. The van der Waals surface area contributed by atoms with Crippen LogP contribution < -0.4 is 4.90 Å². The van der Waals surface area contributed by atoms with Crippen LogP contribution in [0, 0.1) is 11.3 Å². The van der Waals surface area contributed by atoms with E-state index < -0.39 is 9.84 Å². The van der Waals surface area contributed by atoms with E-state index in [-0.39, 0.29) is 35.9 Å². The molecule has 1 saturated heterocycles. The fourth-order valence-electron chi connectivity index (χ4n) is 3.01. The molecule has 1 heterocycles. The Balaban J connectivity index is 2.19. The standard InChI is InChI=1S/C17H21N3O4S/c1-3-19(16-7-8-25(23,24)12-16)17(22)11-20(13(2)21)15-6-4-5-14(9-15)10-18/h4-6,9,16H,3,7-8,11-12H2,1-2H3. The van der Waals surface area contributed by atoms with E-state index >= 15 is 0 Å². The third kappa shape index (κ3) is 4.57. The Labute approximate surface area is 147 Å². The average Bonchev–Trinajstić information content (AvgIpc) is 2.92. The van der Waals surface area contributed by atoms with E-state index in [4.69, 9.17) is 5.26 Å². The van der Waals surface area contributed by atoms with Crippen molar-refractivity contribution in [1.82, 2.24) is 4.90 Å². The number of nitrogens with zero attached hydrogens (tertiary/aromatic N) is 3. The Morgan fingerprint density at radius 3 is 2.60 bits per heavy atom. The molecule has 25 heavy (non-hydrogen) atoms. The quantitative estimate of drug-likeness (QED) is 0.775. The lowest BCUT2D eigenvalue weighted by Gasteiger charge is -2.30. The fraction of sp³-hybridized carbons (Fsp3) is 0.471. The Kier molecular flexibility index (Phi) is 5.80. The molecule has 1 atom stereocenters. The first-order valence-corrected chi connectivity index (χ1v) is 9.87. The van der Waals surface area contributed by atoms with Gasteiger partial charge in [0.05, 0.1) is 23.1 Å². The highest BCUT2D eigenvalue weighted by Crippen LogP contribution is 2.20. The van der Waals surface area contributed by atoms with E-state index in [9.17, 15) is 18.0 Å². The van der Waals surface area contributed by atoms with Gasteiger partial charge in [0, 0.05) is 25.2 Å². The van der Waals surface area contributed by atoms with Crippen molar-refractivity contribution >= 4 is 27.3 Å². The summed E-state index contributed by atoms with van der Waals surface area (Å²) in [5, 5.41) is 9.00. The van der Waals surface area contributed by atoms with Crippen LogP contribution in [-0.2, 0) is 19.4 Å². The second kappa shape index (κ2) is 7.66. The molecule has 0 radical (unpaired) electrons. The summed E-state index contributed by atoms with van der Waals surface area (Å²) < 4.78 is 23.3. The van der Waals surface area contributed by atoms with E-state index in [1.807, 2.05) is 6.07 Å². The number of sulfone groups is 1. The van der Waals surface area contributed by atoms with Crippen molar-refractivity contribution in [3.63, 3.8) is 0 Å². The van der Waals surface area contributed by atoms with Gasteiger partial charge in [-0.1, -0.05) is 6.07 Å². The summed E-state index contributed by atoms with van der Waals surface area (Å²) in [5.41, 5.74) is 0.862. The number of nitriles is 1. The number of hydrogen-bond acceptors (Lipinski definition) is 5. The van der Waals surface area contributed by atoms with E-state index in [0.29, 0.717) is 24.2 Å². The van der Waals surface area contributed by atoms with Crippen LogP contribution in [0.15, 0.2) is 24.3 Å². The second-order valence-electron chi connectivity index (χ2n) is 6.00. The van der Waals surface area contributed by atoms with Crippen LogP contribution in [0.3, 0.4) is 0 Å². The summed E-state index contributed by atoms with van der Waals surface area (Å²) in [6.45, 7) is 3.33. The molecule has 134 valence electrons. The number of hydrogen-bond donors (Lipinski definition) is 0. The smallest absolute Gasteiger partial charge is 0.242 e. The van der Waals surface area contributed by atoms with Crippen molar-refractivity contribution in [3.05, 3.63) is 29.8 Å². The molecule has 0 bridgehead atoms. The lowest BCUT2D eigenvalue weighted by atomic mass is 10.2. The average molecular weight is 363 g/mol. The van der Waals surface area contributed by atoms with Crippen molar-refractivity contribution in [2.45, 2.75) is 26.3 Å². The molecule has 0 saturated carbocycles.